The summed E-state index contributed by atoms with van der Waals surface area (Å²) in [5.41, 5.74) is 7.15. The maximum absolute atomic E-state index is 14.1. The molecule has 3 aromatic rings. The molecule has 4 heteroatoms. The molecule has 2 heterocycles. The van der Waals surface area contributed by atoms with Crippen molar-refractivity contribution in [2.75, 3.05) is 20.7 Å². The van der Waals surface area contributed by atoms with Gasteiger partial charge in [0.2, 0.25) is 0 Å². The Bertz CT molecular complexity index is 1050. The van der Waals surface area contributed by atoms with Crippen molar-refractivity contribution in [3.8, 4) is 5.75 Å². The Morgan fingerprint density at radius 2 is 2.00 bits per heavy atom. The van der Waals surface area contributed by atoms with Gasteiger partial charge in [0.1, 0.15) is 0 Å². The summed E-state index contributed by atoms with van der Waals surface area (Å²) in [6.07, 6.45) is 3.16. The molecule has 0 saturated heterocycles. The quantitative estimate of drug-likeness (QED) is 0.643. The number of hydrogen-bond acceptors (Lipinski definition) is 2. The van der Waals surface area contributed by atoms with E-state index in [4.69, 9.17) is 4.74 Å². The molecular weight excluding hydrogens is 339 g/mol. The van der Waals surface area contributed by atoms with Crippen LogP contribution in [0.2, 0.25) is 0 Å². The maximum Gasteiger partial charge on any atom is 0.165 e. The fraction of sp³-hybridized carbons (Fsp3) is 0.304. The Morgan fingerprint density at radius 3 is 2.74 bits per heavy atom. The molecule has 1 aliphatic heterocycles. The molecule has 0 radical (unpaired) electrons. The molecule has 1 aromatic heterocycles. The van der Waals surface area contributed by atoms with Crippen LogP contribution in [0.15, 0.2) is 36.4 Å². The van der Waals surface area contributed by atoms with Gasteiger partial charge in [0.25, 0.3) is 0 Å². The summed E-state index contributed by atoms with van der Waals surface area (Å²) in [6, 6.07) is 11.8. The third-order valence-electron chi connectivity index (χ3n) is 5.46. The van der Waals surface area contributed by atoms with Gasteiger partial charge in [0.05, 0.1) is 12.6 Å². The standard InChI is InChI=1S/C23H25FN2O/c1-15-5-7-21-18(11-15)19-14-25(3)10-9-22(19)26(21)13-16(2)17-6-8-23(27-4)20(24)12-17/h5-8,11-13H,9-10,14H2,1-4H3/b16-13-. The van der Waals surface area contributed by atoms with E-state index in [1.807, 2.05) is 13.0 Å². The van der Waals surface area contributed by atoms with Crippen LogP contribution in [0.3, 0.4) is 0 Å². The third-order valence-corrected chi connectivity index (χ3v) is 5.46. The Labute approximate surface area is 159 Å². The molecule has 0 N–H and O–H groups in total. The Balaban J connectivity index is 1.86. The fourth-order valence-electron chi connectivity index (χ4n) is 3.97. The lowest BCUT2D eigenvalue weighted by atomic mass is 10.0. The van der Waals surface area contributed by atoms with Gasteiger partial charge in [0, 0.05) is 36.8 Å². The molecule has 0 amide bonds. The summed E-state index contributed by atoms with van der Waals surface area (Å²) in [4.78, 5) is 2.36. The second kappa shape index (κ2) is 6.86. The lowest BCUT2D eigenvalue weighted by molar-refractivity contribution is 0.312. The second-order valence-electron chi connectivity index (χ2n) is 7.47. The molecule has 0 aliphatic carbocycles. The second-order valence-corrected chi connectivity index (χ2v) is 7.47. The van der Waals surface area contributed by atoms with E-state index in [2.05, 4.69) is 47.8 Å². The van der Waals surface area contributed by atoms with E-state index in [0.717, 1.165) is 30.6 Å². The SMILES string of the molecule is COc1ccc(/C(C)=C\n2c3c(c4cc(C)ccc42)CN(C)CC3)cc1F. The highest BCUT2D eigenvalue weighted by molar-refractivity contribution is 5.90. The molecule has 2 aromatic carbocycles. The third kappa shape index (κ3) is 3.15. The van der Waals surface area contributed by atoms with Crippen LogP contribution in [0, 0.1) is 12.7 Å². The number of likely N-dealkylation sites (N-methyl/N-ethyl adjacent to an activating group) is 1. The molecule has 1 aliphatic rings. The minimum Gasteiger partial charge on any atom is -0.494 e. The number of allylic oxidation sites excluding steroid dienone is 1. The molecule has 3 nitrogen and oxygen atoms in total. The molecule has 0 unspecified atom stereocenters. The maximum atomic E-state index is 14.1. The van der Waals surface area contributed by atoms with Crippen LogP contribution >= 0.6 is 0 Å². The number of nitrogens with zero attached hydrogens (tertiary/aromatic N) is 2. The summed E-state index contributed by atoms with van der Waals surface area (Å²) in [5.74, 6) is -0.0618. The minimum atomic E-state index is -0.334. The van der Waals surface area contributed by atoms with E-state index >= 15 is 0 Å². The van der Waals surface area contributed by atoms with Gasteiger partial charge < -0.3 is 14.2 Å². The normalized spacial score (nSPS) is 15.2. The van der Waals surface area contributed by atoms with E-state index in [0.29, 0.717) is 0 Å². The molecule has 0 saturated carbocycles. The smallest absolute Gasteiger partial charge is 0.165 e. The Morgan fingerprint density at radius 1 is 1.19 bits per heavy atom. The lowest BCUT2D eigenvalue weighted by Crippen LogP contribution is -2.26. The summed E-state index contributed by atoms with van der Waals surface area (Å²) >= 11 is 0. The number of hydrogen-bond donors (Lipinski definition) is 0. The van der Waals surface area contributed by atoms with Gasteiger partial charge in [-0.1, -0.05) is 17.7 Å². The van der Waals surface area contributed by atoms with Crippen molar-refractivity contribution < 1.29 is 9.13 Å². The van der Waals surface area contributed by atoms with E-state index in [9.17, 15) is 4.39 Å². The average Bonchev–Trinajstić information content (AvgIpc) is 2.94. The van der Waals surface area contributed by atoms with Gasteiger partial charge in [-0.3, -0.25) is 0 Å². The molecule has 140 valence electrons. The van der Waals surface area contributed by atoms with Crippen LogP contribution in [-0.2, 0) is 13.0 Å². The van der Waals surface area contributed by atoms with Crippen molar-refractivity contribution in [1.82, 2.24) is 9.47 Å². The first-order valence-corrected chi connectivity index (χ1v) is 9.31. The lowest BCUT2D eigenvalue weighted by Gasteiger charge is -2.23. The van der Waals surface area contributed by atoms with Crippen LogP contribution in [0.1, 0.15) is 29.3 Å². The number of ether oxygens (including phenoxy) is 1. The zero-order chi connectivity index (χ0) is 19.1. The van der Waals surface area contributed by atoms with E-state index in [-0.39, 0.29) is 11.6 Å². The number of fused-ring (bicyclic) bond motifs is 3. The number of methoxy groups -OCH3 is 1. The summed E-state index contributed by atoms with van der Waals surface area (Å²) < 4.78 is 21.5. The first kappa shape index (κ1) is 17.8. The van der Waals surface area contributed by atoms with Gasteiger partial charge in [0.15, 0.2) is 11.6 Å². The van der Waals surface area contributed by atoms with Crippen molar-refractivity contribution in [3.05, 3.63) is 64.6 Å². The minimum absolute atomic E-state index is 0.272. The van der Waals surface area contributed by atoms with Crippen LogP contribution in [0.5, 0.6) is 5.75 Å². The molecule has 4 rings (SSSR count). The highest BCUT2D eigenvalue weighted by Gasteiger charge is 2.22. The van der Waals surface area contributed by atoms with Crippen molar-refractivity contribution >= 4 is 22.7 Å². The van der Waals surface area contributed by atoms with Crippen molar-refractivity contribution in [1.29, 1.82) is 0 Å². The summed E-state index contributed by atoms with van der Waals surface area (Å²) in [7, 11) is 3.65. The number of aryl methyl sites for hydroxylation is 1. The first-order chi connectivity index (χ1) is 13.0. The molecular formula is C23H25FN2O. The van der Waals surface area contributed by atoms with Crippen LogP contribution in [-0.4, -0.2) is 30.2 Å². The Kier molecular flexibility index (Phi) is 4.52. The molecule has 0 bridgehead atoms. The monoisotopic (exact) mass is 364 g/mol. The van der Waals surface area contributed by atoms with E-state index < -0.39 is 0 Å². The van der Waals surface area contributed by atoms with Gasteiger partial charge >= 0.3 is 0 Å². The van der Waals surface area contributed by atoms with E-state index in [1.165, 1.54) is 34.8 Å². The zero-order valence-corrected chi connectivity index (χ0v) is 16.3. The van der Waals surface area contributed by atoms with Crippen molar-refractivity contribution in [2.45, 2.75) is 26.8 Å². The molecule has 0 spiro atoms. The predicted octanol–water partition coefficient (Wildman–Crippen LogP) is 5.10. The topological polar surface area (TPSA) is 17.4 Å². The zero-order valence-electron chi connectivity index (χ0n) is 16.3. The molecule has 27 heavy (non-hydrogen) atoms. The van der Waals surface area contributed by atoms with Gasteiger partial charge in [-0.05, 0) is 61.9 Å². The molecule has 0 atom stereocenters. The van der Waals surface area contributed by atoms with E-state index in [1.54, 1.807) is 12.1 Å². The van der Waals surface area contributed by atoms with Crippen LogP contribution < -0.4 is 4.74 Å². The largest absolute Gasteiger partial charge is 0.494 e. The predicted molar refractivity (Wildman–Crippen MR) is 110 cm³/mol. The van der Waals surface area contributed by atoms with Gasteiger partial charge in [-0.2, -0.15) is 0 Å². The average molecular weight is 364 g/mol. The summed E-state index contributed by atoms with van der Waals surface area (Å²) in [5, 5.41) is 1.32. The number of rotatable bonds is 3. The highest BCUT2D eigenvalue weighted by Crippen LogP contribution is 2.33. The van der Waals surface area contributed by atoms with Crippen LogP contribution in [0.4, 0.5) is 4.39 Å². The number of halogens is 1. The number of aromatic nitrogens is 1. The fourth-order valence-corrected chi connectivity index (χ4v) is 3.97. The number of benzene rings is 2. The van der Waals surface area contributed by atoms with Crippen LogP contribution in [0.25, 0.3) is 22.7 Å². The van der Waals surface area contributed by atoms with Gasteiger partial charge in [-0.15, -0.1) is 0 Å². The summed E-state index contributed by atoms with van der Waals surface area (Å²) in [6.45, 7) is 6.18. The van der Waals surface area contributed by atoms with Crippen molar-refractivity contribution in [3.63, 3.8) is 0 Å². The Hall–Kier alpha value is -2.59. The van der Waals surface area contributed by atoms with Gasteiger partial charge in [-0.25, -0.2) is 4.39 Å². The van der Waals surface area contributed by atoms with Crippen molar-refractivity contribution in [2.24, 2.45) is 0 Å². The highest BCUT2D eigenvalue weighted by atomic mass is 19.1. The first-order valence-electron chi connectivity index (χ1n) is 9.31. The molecule has 0 fully saturated rings.